The highest BCUT2D eigenvalue weighted by Gasteiger charge is 2.13. The molecule has 0 saturated carbocycles. The van der Waals surface area contributed by atoms with Crippen molar-refractivity contribution in [1.82, 2.24) is 5.32 Å². The summed E-state index contributed by atoms with van der Waals surface area (Å²) in [6.45, 7) is 4.07. The number of benzene rings is 2. The second kappa shape index (κ2) is 7.99. The maximum atomic E-state index is 12.1. The van der Waals surface area contributed by atoms with E-state index in [4.69, 9.17) is 4.74 Å². The Morgan fingerprint density at radius 2 is 1.95 bits per heavy atom. The molecule has 4 heteroatoms. The molecule has 22 heavy (non-hydrogen) atoms. The Balaban J connectivity index is 1.90. The number of aryl methyl sites for hydroxylation is 1. The van der Waals surface area contributed by atoms with Crippen LogP contribution in [0.25, 0.3) is 0 Å². The van der Waals surface area contributed by atoms with Gasteiger partial charge < -0.3 is 10.1 Å². The van der Waals surface area contributed by atoms with Crippen LogP contribution in [-0.2, 0) is 4.79 Å². The molecule has 0 unspecified atom stereocenters. The highest BCUT2D eigenvalue weighted by Crippen LogP contribution is 2.19. The smallest absolute Gasteiger partial charge is 0.258 e. The molecule has 1 N–H and O–H groups in total. The van der Waals surface area contributed by atoms with Crippen LogP contribution in [0, 0.1) is 6.92 Å². The number of hydrogen-bond donors (Lipinski definition) is 1. The molecule has 0 saturated heterocycles. The van der Waals surface area contributed by atoms with Crippen LogP contribution < -0.4 is 10.1 Å². The second-order valence-electron chi connectivity index (χ2n) is 5.19. The number of ether oxygens (including phenoxy) is 1. The lowest BCUT2D eigenvalue weighted by Gasteiger charge is -2.18. The van der Waals surface area contributed by atoms with Crippen LogP contribution >= 0.6 is 15.9 Å². The normalized spacial score (nSPS) is 11.8. The summed E-state index contributed by atoms with van der Waals surface area (Å²) in [7, 11) is 0. The first-order valence-corrected chi connectivity index (χ1v) is 8.12. The molecule has 2 rings (SSSR count). The first-order chi connectivity index (χ1) is 10.6. The zero-order valence-electron chi connectivity index (χ0n) is 12.8. The van der Waals surface area contributed by atoms with E-state index < -0.39 is 0 Å². The molecule has 0 radical (unpaired) electrons. The maximum Gasteiger partial charge on any atom is 0.258 e. The number of carbonyl (C=O) groups excluding carboxylic acids is 1. The van der Waals surface area contributed by atoms with Gasteiger partial charge in [0.25, 0.3) is 5.91 Å². The zero-order chi connectivity index (χ0) is 15.9. The fraction of sp³-hybridized carbons (Fsp3) is 0.278. The Kier molecular flexibility index (Phi) is 6.01. The Bertz CT molecular complexity index is 625. The van der Waals surface area contributed by atoms with Gasteiger partial charge >= 0.3 is 0 Å². The van der Waals surface area contributed by atoms with Gasteiger partial charge in [-0.2, -0.15) is 0 Å². The van der Waals surface area contributed by atoms with Gasteiger partial charge in [0, 0.05) is 4.47 Å². The lowest BCUT2D eigenvalue weighted by Crippen LogP contribution is -2.32. The summed E-state index contributed by atoms with van der Waals surface area (Å²) in [6.07, 6.45) is 0.831. The van der Waals surface area contributed by atoms with Gasteiger partial charge in [0.2, 0.25) is 0 Å². The predicted molar refractivity (Wildman–Crippen MR) is 92.0 cm³/mol. The van der Waals surface area contributed by atoms with E-state index >= 15 is 0 Å². The number of carbonyl (C=O) groups is 1. The van der Waals surface area contributed by atoms with Crippen LogP contribution in [-0.4, -0.2) is 12.5 Å². The molecule has 2 aromatic carbocycles. The van der Waals surface area contributed by atoms with Crippen molar-refractivity contribution in [2.24, 2.45) is 0 Å². The zero-order valence-corrected chi connectivity index (χ0v) is 14.4. The van der Waals surface area contributed by atoms with Gasteiger partial charge in [-0.25, -0.2) is 0 Å². The Hall–Kier alpha value is -1.81. The van der Waals surface area contributed by atoms with Gasteiger partial charge in [-0.15, -0.1) is 0 Å². The van der Waals surface area contributed by atoms with Crippen molar-refractivity contribution in [3.8, 4) is 5.75 Å². The van der Waals surface area contributed by atoms with Crippen LogP contribution in [0.15, 0.2) is 53.0 Å². The van der Waals surface area contributed by atoms with E-state index in [2.05, 4.69) is 28.2 Å². The van der Waals surface area contributed by atoms with E-state index in [9.17, 15) is 4.79 Å². The minimum absolute atomic E-state index is 0.00158. The highest BCUT2D eigenvalue weighted by atomic mass is 79.9. The van der Waals surface area contributed by atoms with Crippen molar-refractivity contribution in [3.63, 3.8) is 0 Å². The van der Waals surface area contributed by atoms with Crippen molar-refractivity contribution >= 4 is 21.8 Å². The fourth-order valence-electron chi connectivity index (χ4n) is 2.21. The molecular weight excluding hydrogens is 342 g/mol. The summed E-state index contributed by atoms with van der Waals surface area (Å²) in [5.74, 6) is 0.600. The van der Waals surface area contributed by atoms with E-state index in [-0.39, 0.29) is 18.6 Å². The minimum Gasteiger partial charge on any atom is -0.484 e. The van der Waals surface area contributed by atoms with Crippen LogP contribution in [0.3, 0.4) is 0 Å². The Labute approximate surface area is 139 Å². The minimum atomic E-state index is -0.115. The van der Waals surface area contributed by atoms with Gasteiger partial charge in [0.15, 0.2) is 6.61 Å². The third kappa shape index (κ3) is 4.88. The van der Waals surface area contributed by atoms with Crippen molar-refractivity contribution in [2.45, 2.75) is 26.3 Å². The number of halogens is 1. The molecule has 1 amide bonds. The van der Waals surface area contributed by atoms with Gasteiger partial charge in [-0.3, -0.25) is 4.79 Å². The molecule has 1 atom stereocenters. The van der Waals surface area contributed by atoms with E-state index in [1.165, 1.54) is 0 Å². The molecule has 2 aromatic rings. The summed E-state index contributed by atoms with van der Waals surface area (Å²) in [4.78, 5) is 12.1. The van der Waals surface area contributed by atoms with Crippen LogP contribution in [0.5, 0.6) is 5.75 Å². The van der Waals surface area contributed by atoms with Crippen molar-refractivity contribution < 1.29 is 9.53 Å². The standard InChI is InChI=1S/C18H20BrNO2/c1-3-17(14-7-9-15(19)10-8-14)20-18(21)12-22-16-6-4-5-13(2)11-16/h4-11,17H,3,12H2,1-2H3,(H,20,21)/t17-/m1/s1. The monoisotopic (exact) mass is 361 g/mol. The average molecular weight is 362 g/mol. The molecule has 0 fully saturated rings. The Morgan fingerprint density at radius 1 is 1.23 bits per heavy atom. The average Bonchev–Trinajstić information content (AvgIpc) is 2.52. The number of hydrogen-bond acceptors (Lipinski definition) is 2. The quantitative estimate of drug-likeness (QED) is 0.827. The maximum absolute atomic E-state index is 12.1. The molecule has 0 spiro atoms. The van der Waals surface area contributed by atoms with Crippen LogP contribution in [0.4, 0.5) is 0 Å². The van der Waals surface area contributed by atoms with Crippen LogP contribution in [0.2, 0.25) is 0 Å². The first-order valence-electron chi connectivity index (χ1n) is 7.32. The summed E-state index contributed by atoms with van der Waals surface area (Å²) in [6, 6.07) is 15.7. The summed E-state index contributed by atoms with van der Waals surface area (Å²) < 4.78 is 6.56. The predicted octanol–water partition coefficient (Wildman–Crippen LogP) is 4.40. The summed E-state index contributed by atoms with van der Waals surface area (Å²) >= 11 is 3.42. The number of rotatable bonds is 6. The summed E-state index contributed by atoms with van der Waals surface area (Å²) in [5, 5.41) is 3.01. The lowest BCUT2D eigenvalue weighted by atomic mass is 10.0. The highest BCUT2D eigenvalue weighted by molar-refractivity contribution is 9.10. The molecule has 0 heterocycles. The number of amides is 1. The van der Waals surface area contributed by atoms with E-state index in [0.717, 1.165) is 22.0 Å². The van der Waals surface area contributed by atoms with Gasteiger partial charge in [-0.1, -0.05) is 47.1 Å². The van der Waals surface area contributed by atoms with E-state index in [0.29, 0.717) is 5.75 Å². The first kappa shape index (κ1) is 16.6. The largest absolute Gasteiger partial charge is 0.484 e. The number of nitrogens with one attached hydrogen (secondary N) is 1. The molecule has 0 aliphatic heterocycles. The van der Waals surface area contributed by atoms with Gasteiger partial charge in [-0.05, 0) is 48.7 Å². The van der Waals surface area contributed by atoms with E-state index in [1.807, 2.05) is 55.5 Å². The fourth-order valence-corrected chi connectivity index (χ4v) is 2.47. The summed E-state index contributed by atoms with van der Waals surface area (Å²) in [5.41, 5.74) is 2.20. The molecule has 0 aliphatic rings. The van der Waals surface area contributed by atoms with Crippen molar-refractivity contribution in [1.29, 1.82) is 0 Å². The molecule has 116 valence electrons. The van der Waals surface area contributed by atoms with Crippen molar-refractivity contribution in [2.75, 3.05) is 6.61 Å². The molecule has 0 aromatic heterocycles. The molecule has 3 nitrogen and oxygen atoms in total. The molecule has 0 aliphatic carbocycles. The SMILES string of the molecule is CC[C@@H](NC(=O)COc1cccc(C)c1)c1ccc(Br)cc1. The van der Waals surface area contributed by atoms with Gasteiger partial charge in [0.1, 0.15) is 5.75 Å². The topological polar surface area (TPSA) is 38.3 Å². The lowest BCUT2D eigenvalue weighted by molar-refractivity contribution is -0.123. The third-order valence-corrected chi connectivity index (χ3v) is 3.90. The Morgan fingerprint density at radius 3 is 2.59 bits per heavy atom. The third-order valence-electron chi connectivity index (χ3n) is 3.38. The van der Waals surface area contributed by atoms with E-state index in [1.54, 1.807) is 0 Å². The second-order valence-corrected chi connectivity index (χ2v) is 6.10. The van der Waals surface area contributed by atoms with Crippen LogP contribution in [0.1, 0.15) is 30.5 Å². The molecule has 0 bridgehead atoms. The molecular formula is C18H20BrNO2. The van der Waals surface area contributed by atoms with Gasteiger partial charge in [0.05, 0.1) is 6.04 Å². The van der Waals surface area contributed by atoms with Crippen molar-refractivity contribution in [3.05, 3.63) is 64.1 Å².